The first-order valence-electron chi connectivity index (χ1n) is 11.1. The van der Waals surface area contributed by atoms with Gasteiger partial charge in [0.2, 0.25) is 0 Å². The molecule has 0 saturated heterocycles. The van der Waals surface area contributed by atoms with Crippen LogP contribution in [0.5, 0.6) is 5.75 Å². The summed E-state index contributed by atoms with van der Waals surface area (Å²) in [6, 6.07) is 17.9. The van der Waals surface area contributed by atoms with E-state index >= 15 is 0 Å². The molecule has 4 rings (SSSR count). The molecule has 1 amide bonds. The van der Waals surface area contributed by atoms with Gasteiger partial charge in [-0.05, 0) is 72.7 Å². The number of amides is 1. The van der Waals surface area contributed by atoms with Crippen LogP contribution in [0, 0.1) is 0 Å². The molecule has 0 radical (unpaired) electrons. The highest BCUT2D eigenvalue weighted by atomic mass is 35.5. The highest BCUT2D eigenvalue weighted by Crippen LogP contribution is 2.29. The number of carbonyl (C=O) groups excluding carboxylic acids is 1. The number of anilines is 1. The Labute approximate surface area is 218 Å². The van der Waals surface area contributed by atoms with Crippen LogP contribution < -0.4 is 15.4 Å². The molecular formula is C26H23Cl2N3O3S. The third kappa shape index (κ3) is 6.72. The zero-order valence-electron chi connectivity index (χ0n) is 18.9. The summed E-state index contributed by atoms with van der Waals surface area (Å²) in [5, 5.41) is 6.85. The van der Waals surface area contributed by atoms with E-state index in [1.54, 1.807) is 36.4 Å². The van der Waals surface area contributed by atoms with Crippen LogP contribution in [0.2, 0.25) is 10.0 Å². The van der Waals surface area contributed by atoms with Crippen LogP contribution in [-0.2, 0) is 6.42 Å². The quantitative estimate of drug-likeness (QED) is 0.189. The number of thiocarbonyl (C=S) groups is 1. The van der Waals surface area contributed by atoms with Crippen molar-refractivity contribution < 1.29 is 13.9 Å². The number of hydrogen-bond donors (Lipinski definition) is 2. The van der Waals surface area contributed by atoms with Crippen LogP contribution in [0.1, 0.15) is 41.6 Å². The number of benzene rings is 3. The molecule has 0 bridgehead atoms. The summed E-state index contributed by atoms with van der Waals surface area (Å²) >= 11 is 17.5. The Morgan fingerprint density at radius 2 is 1.83 bits per heavy atom. The van der Waals surface area contributed by atoms with Crippen LogP contribution in [0.4, 0.5) is 5.69 Å². The first-order chi connectivity index (χ1) is 16.9. The smallest absolute Gasteiger partial charge is 0.257 e. The minimum atomic E-state index is -0.297. The molecule has 0 aliphatic carbocycles. The van der Waals surface area contributed by atoms with E-state index in [2.05, 4.69) is 22.5 Å². The summed E-state index contributed by atoms with van der Waals surface area (Å²) in [6.07, 6.45) is 2.55. The summed E-state index contributed by atoms with van der Waals surface area (Å²) in [4.78, 5) is 16.9. The van der Waals surface area contributed by atoms with Crippen LogP contribution in [0.25, 0.3) is 11.1 Å². The van der Waals surface area contributed by atoms with Crippen molar-refractivity contribution in [2.45, 2.75) is 26.2 Å². The largest absolute Gasteiger partial charge is 0.494 e. The third-order valence-electron chi connectivity index (χ3n) is 5.13. The summed E-state index contributed by atoms with van der Waals surface area (Å²) in [5.41, 5.74) is 3.36. The van der Waals surface area contributed by atoms with Crippen molar-refractivity contribution in [2.24, 2.45) is 0 Å². The van der Waals surface area contributed by atoms with Gasteiger partial charge in [-0.1, -0.05) is 48.7 Å². The van der Waals surface area contributed by atoms with Crippen LogP contribution >= 0.6 is 35.4 Å². The molecular weight excluding hydrogens is 505 g/mol. The molecule has 0 aliphatic heterocycles. The Kier molecular flexibility index (Phi) is 8.23. The molecule has 35 heavy (non-hydrogen) atoms. The van der Waals surface area contributed by atoms with Crippen molar-refractivity contribution in [2.75, 3.05) is 11.9 Å². The number of rotatable bonds is 8. The van der Waals surface area contributed by atoms with E-state index in [0.29, 0.717) is 45.6 Å². The Morgan fingerprint density at radius 3 is 2.54 bits per heavy atom. The summed E-state index contributed by atoms with van der Waals surface area (Å²) in [5.74, 6) is 0.976. The maximum atomic E-state index is 12.5. The topological polar surface area (TPSA) is 76.4 Å². The first-order valence-corrected chi connectivity index (χ1v) is 12.3. The van der Waals surface area contributed by atoms with E-state index in [1.807, 2.05) is 24.3 Å². The van der Waals surface area contributed by atoms with E-state index in [0.717, 1.165) is 29.8 Å². The summed E-state index contributed by atoms with van der Waals surface area (Å²) in [6.45, 7) is 2.77. The van der Waals surface area contributed by atoms with Gasteiger partial charge in [0.05, 0.1) is 11.6 Å². The molecule has 0 fully saturated rings. The first kappa shape index (κ1) is 25.0. The van der Waals surface area contributed by atoms with Gasteiger partial charge < -0.3 is 14.5 Å². The zero-order chi connectivity index (χ0) is 24.8. The van der Waals surface area contributed by atoms with Gasteiger partial charge in [0.1, 0.15) is 11.3 Å². The molecule has 0 saturated carbocycles. The second-order valence-electron chi connectivity index (χ2n) is 7.85. The average Bonchev–Trinajstić information content (AvgIpc) is 3.23. The lowest BCUT2D eigenvalue weighted by Gasteiger charge is -2.11. The molecule has 0 atom stereocenters. The van der Waals surface area contributed by atoms with Crippen LogP contribution in [-0.4, -0.2) is 22.6 Å². The highest BCUT2D eigenvalue weighted by Gasteiger charge is 2.12. The SMILES string of the molecule is CCCCOc1ccc(C(=O)NC(=S)Nc2ccc(Cc3nc4cc(Cl)cc(Cl)c4o3)cc2)cc1. The van der Waals surface area contributed by atoms with Gasteiger partial charge in [0.25, 0.3) is 5.91 Å². The predicted molar refractivity (Wildman–Crippen MR) is 144 cm³/mol. The molecule has 4 aromatic rings. The Bertz CT molecular complexity index is 1340. The fourth-order valence-electron chi connectivity index (χ4n) is 3.34. The minimum absolute atomic E-state index is 0.205. The van der Waals surface area contributed by atoms with Gasteiger partial charge in [0, 0.05) is 22.7 Å². The van der Waals surface area contributed by atoms with Crippen molar-refractivity contribution in [3.8, 4) is 5.75 Å². The molecule has 2 N–H and O–H groups in total. The molecule has 9 heteroatoms. The molecule has 6 nitrogen and oxygen atoms in total. The number of fused-ring (bicyclic) bond motifs is 1. The number of halogens is 2. The van der Waals surface area contributed by atoms with Gasteiger partial charge in [-0.2, -0.15) is 0 Å². The molecule has 0 aliphatic rings. The highest BCUT2D eigenvalue weighted by molar-refractivity contribution is 7.80. The van der Waals surface area contributed by atoms with Crippen molar-refractivity contribution in [3.05, 3.63) is 87.7 Å². The molecule has 1 aromatic heterocycles. The minimum Gasteiger partial charge on any atom is -0.494 e. The van der Waals surface area contributed by atoms with Gasteiger partial charge >= 0.3 is 0 Å². The summed E-state index contributed by atoms with van der Waals surface area (Å²) < 4.78 is 11.4. The number of oxazole rings is 1. The molecule has 3 aromatic carbocycles. The summed E-state index contributed by atoms with van der Waals surface area (Å²) in [7, 11) is 0. The fourth-order valence-corrected chi connectivity index (χ4v) is 4.07. The number of nitrogens with one attached hydrogen (secondary N) is 2. The monoisotopic (exact) mass is 527 g/mol. The second kappa shape index (κ2) is 11.5. The predicted octanol–water partition coefficient (Wildman–Crippen LogP) is 7.03. The number of aromatic nitrogens is 1. The second-order valence-corrected chi connectivity index (χ2v) is 9.10. The Hall–Kier alpha value is -3.13. The Balaban J connectivity index is 1.31. The van der Waals surface area contributed by atoms with E-state index in [1.165, 1.54) is 0 Å². The number of hydrogen-bond acceptors (Lipinski definition) is 5. The van der Waals surface area contributed by atoms with Crippen molar-refractivity contribution in [3.63, 3.8) is 0 Å². The number of carbonyl (C=O) groups is 1. The number of nitrogens with zero attached hydrogens (tertiary/aromatic N) is 1. The van der Waals surface area contributed by atoms with Gasteiger partial charge in [-0.3, -0.25) is 10.1 Å². The Morgan fingerprint density at radius 1 is 1.09 bits per heavy atom. The van der Waals surface area contributed by atoms with Gasteiger partial charge in [-0.15, -0.1) is 0 Å². The lowest BCUT2D eigenvalue weighted by Crippen LogP contribution is -2.34. The number of ether oxygens (including phenoxy) is 1. The van der Waals surface area contributed by atoms with Crippen LogP contribution in [0.3, 0.4) is 0 Å². The van der Waals surface area contributed by atoms with Crippen molar-refractivity contribution >= 4 is 63.2 Å². The van der Waals surface area contributed by atoms with Crippen molar-refractivity contribution in [1.82, 2.24) is 10.3 Å². The molecule has 1 heterocycles. The molecule has 0 spiro atoms. The van der Waals surface area contributed by atoms with Crippen LogP contribution in [0.15, 0.2) is 65.1 Å². The maximum absolute atomic E-state index is 12.5. The van der Waals surface area contributed by atoms with E-state index in [-0.39, 0.29) is 11.0 Å². The van der Waals surface area contributed by atoms with E-state index in [9.17, 15) is 4.79 Å². The van der Waals surface area contributed by atoms with E-state index < -0.39 is 0 Å². The average molecular weight is 528 g/mol. The maximum Gasteiger partial charge on any atom is 0.257 e. The third-order valence-corrected chi connectivity index (χ3v) is 5.83. The van der Waals surface area contributed by atoms with Crippen molar-refractivity contribution in [1.29, 1.82) is 0 Å². The lowest BCUT2D eigenvalue weighted by molar-refractivity contribution is 0.0977. The standard InChI is InChI=1S/C26H23Cl2N3O3S/c1-2-3-12-33-20-10-6-17(7-11-20)25(32)31-26(35)29-19-8-4-16(5-9-19)13-23-30-22-15-18(27)14-21(28)24(22)34-23/h4-11,14-15H,2-3,12-13H2,1H3,(H2,29,31,32,35). The van der Waals surface area contributed by atoms with E-state index in [4.69, 9.17) is 44.6 Å². The van der Waals surface area contributed by atoms with Gasteiger partial charge in [-0.25, -0.2) is 4.98 Å². The lowest BCUT2D eigenvalue weighted by atomic mass is 10.1. The van der Waals surface area contributed by atoms with Gasteiger partial charge in [0.15, 0.2) is 16.6 Å². The number of unbranched alkanes of at least 4 members (excludes halogenated alkanes) is 1. The molecule has 180 valence electrons. The molecule has 0 unspecified atom stereocenters. The normalized spacial score (nSPS) is 10.8. The zero-order valence-corrected chi connectivity index (χ0v) is 21.3. The fraction of sp³-hybridized carbons (Fsp3) is 0.192.